The number of ether oxygens (including phenoxy) is 1. The van der Waals surface area contributed by atoms with Crippen LogP contribution in [0.5, 0.6) is 5.75 Å². The Kier molecular flexibility index (Phi) is 4.01. The summed E-state index contributed by atoms with van der Waals surface area (Å²) in [5.41, 5.74) is 4.86. The van der Waals surface area contributed by atoms with Gasteiger partial charge in [0, 0.05) is 5.56 Å². The van der Waals surface area contributed by atoms with Gasteiger partial charge in [-0.05, 0) is 65.6 Å². The summed E-state index contributed by atoms with van der Waals surface area (Å²) in [5, 5.41) is 0. The lowest BCUT2D eigenvalue weighted by Crippen LogP contribution is -2.10. The maximum atomic E-state index is 14.5. The van der Waals surface area contributed by atoms with Crippen molar-refractivity contribution in [2.24, 2.45) is 5.41 Å². The van der Waals surface area contributed by atoms with Gasteiger partial charge in [0.05, 0.1) is 7.11 Å². The van der Waals surface area contributed by atoms with Crippen molar-refractivity contribution < 1.29 is 9.13 Å². The van der Waals surface area contributed by atoms with Crippen molar-refractivity contribution in [1.29, 1.82) is 0 Å². The molecule has 2 aromatic carbocycles. The fraction of sp³-hybridized carbons (Fsp3) is 0.286. The number of hydrogen-bond acceptors (Lipinski definition) is 1. The van der Waals surface area contributed by atoms with E-state index in [-0.39, 0.29) is 11.2 Å². The first-order valence-corrected chi connectivity index (χ1v) is 7.93. The lowest BCUT2D eigenvalue weighted by atomic mass is 9.79. The van der Waals surface area contributed by atoms with Gasteiger partial charge in [0.25, 0.3) is 0 Å². The van der Waals surface area contributed by atoms with Crippen molar-refractivity contribution >= 4 is 5.57 Å². The molecule has 23 heavy (non-hydrogen) atoms. The minimum absolute atomic E-state index is 0.0951. The molecular weight excluding hydrogens is 287 g/mol. The van der Waals surface area contributed by atoms with Crippen molar-refractivity contribution in [2.45, 2.75) is 26.7 Å². The molecule has 0 aliphatic heterocycles. The molecule has 0 saturated carbocycles. The van der Waals surface area contributed by atoms with Crippen LogP contribution < -0.4 is 4.74 Å². The molecule has 0 unspecified atom stereocenters. The Labute approximate surface area is 137 Å². The summed E-state index contributed by atoms with van der Waals surface area (Å²) < 4.78 is 19.7. The number of allylic oxidation sites excluding steroid dienone is 2. The third-order valence-electron chi connectivity index (χ3n) is 4.68. The SMILES string of the molecule is [CH2]c1ccc(-c2cc(OC)ccc2F)c(C2=CCCC2(C)C)c1. The van der Waals surface area contributed by atoms with Crippen LogP contribution in [-0.4, -0.2) is 7.11 Å². The van der Waals surface area contributed by atoms with Crippen molar-refractivity contribution in [3.8, 4) is 16.9 Å². The predicted octanol–water partition coefficient (Wildman–Crippen LogP) is 5.89. The zero-order valence-electron chi connectivity index (χ0n) is 13.9. The molecule has 0 heterocycles. The quantitative estimate of drug-likeness (QED) is 0.687. The predicted molar refractivity (Wildman–Crippen MR) is 93.8 cm³/mol. The Morgan fingerprint density at radius 3 is 2.48 bits per heavy atom. The molecule has 119 valence electrons. The second kappa shape index (κ2) is 5.84. The molecular formula is C21H22FO. The largest absolute Gasteiger partial charge is 0.497 e. The number of hydrogen-bond donors (Lipinski definition) is 0. The topological polar surface area (TPSA) is 9.23 Å². The van der Waals surface area contributed by atoms with Crippen molar-refractivity contribution in [3.63, 3.8) is 0 Å². The van der Waals surface area contributed by atoms with E-state index in [1.54, 1.807) is 19.2 Å². The zero-order valence-corrected chi connectivity index (χ0v) is 13.9. The summed E-state index contributed by atoms with van der Waals surface area (Å²) in [6.45, 7) is 8.53. The standard InChI is InChI=1S/C21H22FO/c1-14-7-9-16(18-13-15(23-4)8-10-20(18)22)17(12-14)19-6-5-11-21(19,2)3/h6-10,12-13H,1,5,11H2,2-4H3. The van der Waals surface area contributed by atoms with Crippen LogP contribution in [-0.2, 0) is 0 Å². The first-order valence-electron chi connectivity index (χ1n) is 7.93. The van der Waals surface area contributed by atoms with Crippen molar-refractivity contribution in [2.75, 3.05) is 7.11 Å². The van der Waals surface area contributed by atoms with E-state index in [9.17, 15) is 4.39 Å². The molecule has 0 atom stereocenters. The van der Waals surface area contributed by atoms with Crippen LogP contribution >= 0.6 is 0 Å². The second-order valence-electron chi connectivity index (χ2n) is 6.77. The van der Waals surface area contributed by atoms with Gasteiger partial charge in [-0.1, -0.05) is 38.1 Å². The van der Waals surface area contributed by atoms with E-state index < -0.39 is 0 Å². The summed E-state index contributed by atoms with van der Waals surface area (Å²) in [5.74, 6) is 0.422. The number of halogens is 1. The molecule has 2 heteroatoms. The molecule has 1 nitrogen and oxygen atoms in total. The molecule has 1 aliphatic rings. The van der Waals surface area contributed by atoms with E-state index in [1.165, 1.54) is 11.6 Å². The molecule has 3 rings (SSSR count). The van der Waals surface area contributed by atoms with Crippen LogP contribution in [0.15, 0.2) is 42.5 Å². The number of methoxy groups -OCH3 is 1. The normalized spacial score (nSPS) is 16.3. The summed E-state index contributed by atoms with van der Waals surface area (Å²) in [7, 11) is 1.60. The van der Waals surface area contributed by atoms with Crippen LogP contribution in [0.3, 0.4) is 0 Å². The fourth-order valence-electron chi connectivity index (χ4n) is 3.35. The molecule has 0 fully saturated rings. The Balaban J connectivity index is 2.22. The van der Waals surface area contributed by atoms with Gasteiger partial charge in [-0.3, -0.25) is 0 Å². The maximum absolute atomic E-state index is 14.5. The molecule has 1 radical (unpaired) electrons. The Morgan fingerprint density at radius 1 is 1.04 bits per heavy atom. The minimum Gasteiger partial charge on any atom is -0.497 e. The van der Waals surface area contributed by atoms with Gasteiger partial charge in [-0.15, -0.1) is 0 Å². The van der Waals surface area contributed by atoms with Crippen LogP contribution in [0.25, 0.3) is 16.7 Å². The van der Waals surface area contributed by atoms with Gasteiger partial charge < -0.3 is 4.74 Å². The highest BCUT2D eigenvalue weighted by molar-refractivity contribution is 5.85. The maximum Gasteiger partial charge on any atom is 0.131 e. The van der Waals surface area contributed by atoms with Gasteiger partial charge >= 0.3 is 0 Å². The molecule has 0 amide bonds. The summed E-state index contributed by atoms with van der Waals surface area (Å²) in [4.78, 5) is 0. The van der Waals surface area contributed by atoms with E-state index in [0.29, 0.717) is 11.3 Å². The van der Waals surface area contributed by atoms with Gasteiger partial charge in [0.2, 0.25) is 0 Å². The Morgan fingerprint density at radius 2 is 1.83 bits per heavy atom. The molecule has 0 bridgehead atoms. The van der Waals surface area contributed by atoms with E-state index >= 15 is 0 Å². The van der Waals surface area contributed by atoms with Crippen LogP contribution in [0.2, 0.25) is 0 Å². The molecule has 0 spiro atoms. The Bertz CT molecular complexity index is 771. The van der Waals surface area contributed by atoms with Crippen LogP contribution in [0, 0.1) is 18.2 Å². The second-order valence-corrected chi connectivity index (χ2v) is 6.77. The molecule has 0 N–H and O–H groups in total. The smallest absolute Gasteiger partial charge is 0.131 e. The highest BCUT2D eigenvalue weighted by Crippen LogP contribution is 2.47. The third-order valence-corrected chi connectivity index (χ3v) is 4.68. The van der Waals surface area contributed by atoms with Gasteiger partial charge in [-0.25, -0.2) is 4.39 Å². The third kappa shape index (κ3) is 2.90. The first kappa shape index (κ1) is 15.8. The lowest BCUT2D eigenvalue weighted by Gasteiger charge is -2.25. The highest BCUT2D eigenvalue weighted by atomic mass is 19.1. The van der Waals surface area contributed by atoms with E-state index in [1.807, 2.05) is 12.1 Å². The van der Waals surface area contributed by atoms with Crippen LogP contribution in [0.4, 0.5) is 4.39 Å². The molecule has 0 saturated heterocycles. The monoisotopic (exact) mass is 309 g/mol. The average Bonchev–Trinajstić information content (AvgIpc) is 2.87. The first-order chi connectivity index (χ1) is 10.9. The molecule has 0 aromatic heterocycles. The summed E-state index contributed by atoms with van der Waals surface area (Å²) in [6.07, 6.45) is 4.45. The van der Waals surface area contributed by atoms with E-state index in [4.69, 9.17) is 4.74 Å². The highest BCUT2D eigenvalue weighted by Gasteiger charge is 2.30. The van der Waals surface area contributed by atoms with Gasteiger partial charge in [0.1, 0.15) is 11.6 Å². The summed E-state index contributed by atoms with van der Waals surface area (Å²) in [6, 6.07) is 10.8. The van der Waals surface area contributed by atoms with Crippen molar-refractivity contribution in [3.05, 3.63) is 66.3 Å². The van der Waals surface area contributed by atoms with Crippen molar-refractivity contribution in [1.82, 2.24) is 0 Å². The van der Waals surface area contributed by atoms with E-state index in [0.717, 1.165) is 29.5 Å². The van der Waals surface area contributed by atoms with E-state index in [2.05, 4.69) is 32.9 Å². The number of rotatable bonds is 3. The zero-order chi connectivity index (χ0) is 16.6. The lowest BCUT2D eigenvalue weighted by molar-refractivity contribution is 0.414. The molecule has 2 aromatic rings. The average molecular weight is 309 g/mol. The fourth-order valence-corrected chi connectivity index (χ4v) is 3.35. The van der Waals surface area contributed by atoms with Gasteiger partial charge in [0.15, 0.2) is 0 Å². The minimum atomic E-state index is -0.236. The number of benzene rings is 2. The molecule has 1 aliphatic carbocycles. The van der Waals surface area contributed by atoms with Crippen LogP contribution in [0.1, 0.15) is 37.8 Å². The van der Waals surface area contributed by atoms with Gasteiger partial charge in [-0.2, -0.15) is 0 Å². The Hall–Kier alpha value is -2.09. The summed E-state index contributed by atoms with van der Waals surface area (Å²) >= 11 is 0.